The molecule has 0 aliphatic heterocycles. The molecule has 32 heavy (non-hydrogen) atoms. The van der Waals surface area contributed by atoms with Gasteiger partial charge in [0.15, 0.2) is 0 Å². The van der Waals surface area contributed by atoms with Crippen LogP contribution in [0, 0.1) is 0 Å². The van der Waals surface area contributed by atoms with Gasteiger partial charge in [0.25, 0.3) is 5.56 Å². The number of aromatic amines is 1. The number of aromatic nitrogens is 2. The van der Waals surface area contributed by atoms with Crippen molar-refractivity contribution in [2.24, 2.45) is 0 Å². The molecule has 2 amide bonds. The van der Waals surface area contributed by atoms with Gasteiger partial charge in [-0.15, -0.1) is 0 Å². The zero-order chi connectivity index (χ0) is 23.4. The van der Waals surface area contributed by atoms with Crippen molar-refractivity contribution in [1.82, 2.24) is 15.3 Å². The summed E-state index contributed by atoms with van der Waals surface area (Å²) in [5, 5.41) is 5.55. The Morgan fingerprint density at radius 2 is 1.38 bits per heavy atom. The van der Waals surface area contributed by atoms with Crippen LogP contribution >= 0.6 is 0 Å². The van der Waals surface area contributed by atoms with E-state index in [0.717, 1.165) is 51.6 Å². The van der Waals surface area contributed by atoms with Gasteiger partial charge in [-0.25, -0.2) is 4.79 Å². The van der Waals surface area contributed by atoms with E-state index < -0.39 is 0 Å². The number of anilines is 2. The quantitative estimate of drug-likeness (QED) is 0.219. The maximum absolute atomic E-state index is 12.2. The van der Waals surface area contributed by atoms with Crippen molar-refractivity contribution in [3.05, 3.63) is 16.4 Å². The summed E-state index contributed by atoms with van der Waals surface area (Å²) in [6.45, 7) is 8.89. The molecule has 0 radical (unpaired) electrons. The number of hydrogen-bond acceptors (Lipinski definition) is 4. The fourth-order valence-corrected chi connectivity index (χ4v) is 3.67. The highest BCUT2D eigenvalue weighted by atomic mass is 16.2. The number of nitrogens with zero attached hydrogens (tertiary/aromatic N) is 2. The predicted octanol–water partition coefficient (Wildman–Crippen LogP) is 6.22. The minimum Gasteiger partial charge on any atom is -0.356 e. The van der Waals surface area contributed by atoms with E-state index in [1.807, 2.05) is 0 Å². The number of amides is 2. The first-order valence-electron chi connectivity index (χ1n) is 13.0. The smallest absolute Gasteiger partial charge is 0.321 e. The molecule has 7 nitrogen and oxygen atoms in total. The molecule has 0 aliphatic carbocycles. The van der Waals surface area contributed by atoms with Crippen molar-refractivity contribution >= 4 is 17.8 Å². The molecule has 1 aromatic heterocycles. The third-order valence-corrected chi connectivity index (χ3v) is 5.66. The van der Waals surface area contributed by atoms with Crippen LogP contribution < -0.4 is 21.1 Å². The van der Waals surface area contributed by atoms with E-state index >= 15 is 0 Å². The van der Waals surface area contributed by atoms with Crippen LogP contribution in [0.2, 0.25) is 0 Å². The molecule has 7 heteroatoms. The monoisotopic (exact) mass is 449 g/mol. The van der Waals surface area contributed by atoms with Crippen molar-refractivity contribution in [2.45, 2.75) is 111 Å². The van der Waals surface area contributed by atoms with Gasteiger partial charge in [-0.05, 0) is 19.3 Å². The zero-order valence-electron chi connectivity index (χ0n) is 20.8. The first kappa shape index (κ1) is 28.0. The van der Waals surface area contributed by atoms with Crippen LogP contribution in [0.25, 0.3) is 0 Å². The minimum absolute atomic E-state index is 0.200. The number of nitrogens with one attached hydrogen (secondary N) is 3. The van der Waals surface area contributed by atoms with E-state index in [-0.39, 0.29) is 17.5 Å². The van der Waals surface area contributed by atoms with Gasteiger partial charge in [0.1, 0.15) is 5.82 Å². The molecule has 0 fully saturated rings. The predicted molar refractivity (Wildman–Crippen MR) is 136 cm³/mol. The summed E-state index contributed by atoms with van der Waals surface area (Å²) in [6.07, 6.45) is 16.9. The first-order chi connectivity index (χ1) is 15.6. The maximum atomic E-state index is 12.2. The topological polar surface area (TPSA) is 90.1 Å². The lowest BCUT2D eigenvalue weighted by molar-refractivity contribution is 0.251. The zero-order valence-corrected chi connectivity index (χ0v) is 20.8. The van der Waals surface area contributed by atoms with Gasteiger partial charge in [0.2, 0.25) is 5.95 Å². The minimum atomic E-state index is -0.324. The third-order valence-electron chi connectivity index (χ3n) is 5.66. The Kier molecular flexibility index (Phi) is 16.2. The molecular formula is C25H47N5O2. The van der Waals surface area contributed by atoms with E-state index in [2.05, 4.69) is 46.3 Å². The lowest BCUT2D eigenvalue weighted by atomic mass is 10.1. The van der Waals surface area contributed by atoms with Crippen LogP contribution in [-0.2, 0) is 0 Å². The van der Waals surface area contributed by atoms with Crippen LogP contribution in [0.1, 0.15) is 111 Å². The number of unbranched alkanes of at least 4 members (excludes halogenated alkanes) is 11. The number of urea groups is 1. The maximum Gasteiger partial charge on any atom is 0.321 e. The van der Waals surface area contributed by atoms with Gasteiger partial charge in [0, 0.05) is 25.7 Å². The third kappa shape index (κ3) is 13.4. The summed E-state index contributed by atoms with van der Waals surface area (Å²) >= 11 is 0. The summed E-state index contributed by atoms with van der Waals surface area (Å²) in [7, 11) is 0. The van der Waals surface area contributed by atoms with Crippen molar-refractivity contribution in [2.75, 3.05) is 29.9 Å². The van der Waals surface area contributed by atoms with Crippen LogP contribution in [0.4, 0.5) is 16.6 Å². The molecule has 1 heterocycles. The van der Waals surface area contributed by atoms with Gasteiger partial charge in [-0.3, -0.25) is 15.1 Å². The van der Waals surface area contributed by atoms with Crippen LogP contribution in [0.5, 0.6) is 0 Å². The number of carbonyl (C=O) groups excluding carboxylic acids is 1. The fourth-order valence-electron chi connectivity index (χ4n) is 3.67. The molecule has 1 rings (SSSR count). The number of rotatable bonds is 19. The van der Waals surface area contributed by atoms with Crippen molar-refractivity contribution < 1.29 is 4.79 Å². The summed E-state index contributed by atoms with van der Waals surface area (Å²) < 4.78 is 0. The molecule has 0 bridgehead atoms. The molecule has 0 saturated heterocycles. The molecule has 0 saturated carbocycles. The summed E-state index contributed by atoms with van der Waals surface area (Å²) in [6, 6.07) is 1.19. The molecule has 0 aliphatic rings. The van der Waals surface area contributed by atoms with E-state index in [4.69, 9.17) is 0 Å². The van der Waals surface area contributed by atoms with Crippen LogP contribution in [0.3, 0.4) is 0 Å². The molecule has 0 unspecified atom stereocenters. The Labute approximate surface area is 195 Å². The molecule has 1 aromatic rings. The standard InChI is InChI=1S/C25H47N5O2/c1-4-7-10-11-12-13-14-15-16-17-18-26-25(32)29-24-27-22(21-23(31)28-24)30(19-8-5-2)20-9-6-3/h21H,4-20H2,1-3H3,(H3,26,27,28,29,31,32). The molecule has 3 N–H and O–H groups in total. The van der Waals surface area contributed by atoms with Crippen LogP contribution in [0.15, 0.2) is 10.9 Å². The Balaban J connectivity index is 2.34. The number of H-pyrrole nitrogens is 1. The molecule has 0 aromatic carbocycles. The van der Waals surface area contributed by atoms with Gasteiger partial charge in [-0.1, -0.05) is 91.4 Å². The second-order valence-corrected chi connectivity index (χ2v) is 8.71. The highest BCUT2D eigenvalue weighted by molar-refractivity contribution is 5.87. The van der Waals surface area contributed by atoms with E-state index in [1.165, 1.54) is 57.4 Å². The SMILES string of the molecule is CCCCCCCCCCCCNC(=O)Nc1nc(N(CCCC)CCCC)cc(=O)[nH]1. The molecule has 184 valence electrons. The summed E-state index contributed by atoms with van der Waals surface area (Å²) in [5.41, 5.74) is -0.252. The van der Waals surface area contributed by atoms with Crippen molar-refractivity contribution in [3.63, 3.8) is 0 Å². The summed E-state index contributed by atoms with van der Waals surface area (Å²) in [4.78, 5) is 33.6. The second-order valence-electron chi connectivity index (χ2n) is 8.71. The molecule has 0 atom stereocenters. The van der Waals surface area contributed by atoms with Crippen molar-refractivity contribution in [1.29, 1.82) is 0 Å². The van der Waals surface area contributed by atoms with E-state index in [9.17, 15) is 9.59 Å². The largest absolute Gasteiger partial charge is 0.356 e. The normalized spacial score (nSPS) is 10.8. The van der Waals surface area contributed by atoms with Crippen molar-refractivity contribution in [3.8, 4) is 0 Å². The summed E-state index contributed by atoms with van der Waals surface area (Å²) in [5.74, 6) is 0.826. The average Bonchev–Trinajstić information content (AvgIpc) is 2.77. The van der Waals surface area contributed by atoms with Gasteiger partial charge < -0.3 is 10.2 Å². The van der Waals surface area contributed by atoms with E-state index in [1.54, 1.807) is 0 Å². The number of carbonyl (C=O) groups is 1. The Bertz CT molecular complexity index is 654. The molecular weight excluding hydrogens is 402 g/mol. The van der Waals surface area contributed by atoms with Gasteiger partial charge >= 0.3 is 6.03 Å². The lowest BCUT2D eigenvalue weighted by Crippen LogP contribution is -2.32. The highest BCUT2D eigenvalue weighted by Gasteiger charge is 2.11. The van der Waals surface area contributed by atoms with Gasteiger partial charge in [-0.2, -0.15) is 4.98 Å². The first-order valence-corrected chi connectivity index (χ1v) is 13.0. The Morgan fingerprint density at radius 1 is 0.844 bits per heavy atom. The fraction of sp³-hybridized carbons (Fsp3) is 0.800. The highest BCUT2D eigenvalue weighted by Crippen LogP contribution is 2.13. The Hall–Kier alpha value is -2.05. The van der Waals surface area contributed by atoms with E-state index in [0.29, 0.717) is 12.4 Å². The second kappa shape index (κ2) is 18.5. The molecule has 0 spiro atoms. The lowest BCUT2D eigenvalue weighted by Gasteiger charge is -2.23. The Morgan fingerprint density at radius 3 is 1.94 bits per heavy atom. The number of hydrogen-bond donors (Lipinski definition) is 3. The average molecular weight is 450 g/mol. The van der Waals surface area contributed by atoms with Gasteiger partial charge in [0.05, 0.1) is 0 Å². The van der Waals surface area contributed by atoms with Crippen LogP contribution in [-0.4, -0.2) is 35.6 Å².